The van der Waals surface area contributed by atoms with E-state index in [2.05, 4.69) is 4.98 Å². The smallest absolute Gasteiger partial charge is 0.338 e. The van der Waals surface area contributed by atoms with Gasteiger partial charge in [-0.2, -0.15) is 0 Å². The molecule has 3 rings (SSSR count). The molecule has 1 aromatic heterocycles. The first-order valence-electron chi connectivity index (χ1n) is 6.77. The molecule has 2 aliphatic heterocycles. The zero-order valence-corrected chi connectivity index (χ0v) is 10.9. The van der Waals surface area contributed by atoms with E-state index >= 15 is 0 Å². The summed E-state index contributed by atoms with van der Waals surface area (Å²) in [4.78, 5) is 29.5. The topological polar surface area (TPSA) is 90.7 Å². The molecule has 2 saturated heterocycles. The van der Waals surface area contributed by atoms with E-state index in [-0.39, 0.29) is 35.4 Å². The second-order valence-electron chi connectivity index (χ2n) is 5.43. The molecule has 6 heteroatoms. The number of aromatic nitrogens is 1. The number of hydrogen-bond acceptors (Lipinski definition) is 4. The van der Waals surface area contributed by atoms with Crippen LogP contribution in [-0.2, 0) is 0 Å². The first kappa shape index (κ1) is 13.1. The Kier molecular flexibility index (Phi) is 3.17. The van der Waals surface area contributed by atoms with Crippen molar-refractivity contribution in [2.75, 3.05) is 0 Å². The highest BCUT2D eigenvalue weighted by molar-refractivity contribution is 6.03. The molecule has 1 aromatic rings. The predicted molar refractivity (Wildman–Crippen MR) is 69.4 cm³/mol. The number of piperidine rings is 1. The van der Waals surface area contributed by atoms with Crippen LogP contribution in [0.2, 0.25) is 0 Å². The van der Waals surface area contributed by atoms with Crippen LogP contribution in [0.4, 0.5) is 0 Å². The van der Waals surface area contributed by atoms with Gasteiger partial charge in [0.1, 0.15) is 5.69 Å². The maximum atomic E-state index is 12.6. The first-order valence-corrected chi connectivity index (χ1v) is 6.77. The fourth-order valence-electron chi connectivity index (χ4n) is 3.35. The molecule has 2 unspecified atom stereocenters. The van der Waals surface area contributed by atoms with E-state index < -0.39 is 5.97 Å². The summed E-state index contributed by atoms with van der Waals surface area (Å²) in [5.74, 6) is -1.48. The van der Waals surface area contributed by atoms with Gasteiger partial charge in [-0.15, -0.1) is 0 Å². The summed E-state index contributed by atoms with van der Waals surface area (Å²) in [5, 5.41) is 18.9. The van der Waals surface area contributed by atoms with Crippen LogP contribution in [0, 0.1) is 0 Å². The van der Waals surface area contributed by atoms with Gasteiger partial charge in [0.2, 0.25) is 0 Å². The third-order valence-corrected chi connectivity index (χ3v) is 4.18. The summed E-state index contributed by atoms with van der Waals surface area (Å²) in [6.07, 6.45) is 3.93. The van der Waals surface area contributed by atoms with Crippen LogP contribution in [0.15, 0.2) is 18.3 Å². The number of carboxylic acids is 1. The lowest BCUT2D eigenvalue weighted by Gasteiger charge is -2.37. The van der Waals surface area contributed by atoms with Crippen LogP contribution >= 0.6 is 0 Å². The van der Waals surface area contributed by atoms with Crippen molar-refractivity contribution in [3.05, 3.63) is 29.6 Å². The monoisotopic (exact) mass is 276 g/mol. The molecule has 6 nitrogen and oxygen atoms in total. The number of hydrogen-bond donors (Lipinski definition) is 2. The Morgan fingerprint density at radius 1 is 1.25 bits per heavy atom. The number of carbonyl (C=O) groups excluding carboxylic acids is 1. The van der Waals surface area contributed by atoms with Gasteiger partial charge < -0.3 is 15.1 Å². The fourth-order valence-corrected chi connectivity index (χ4v) is 3.35. The van der Waals surface area contributed by atoms with Crippen molar-refractivity contribution in [2.24, 2.45) is 0 Å². The summed E-state index contributed by atoms with van der Waals surface area (Å²) in [5.41, 5.74) is -0.0729. The largest absolute Gasteiger partial charge is 0.478 e. The summed E-state index contributed by atoms with van der Waals surface area (Å²) in [6, 6.07) is 2.90. The Morgan fingerprint density at radius 3 is 2.50 bits per heavy atom. The van der Waals surface area contributed by atoms with Crippen molar-refractivity contribution in [3.8, 4) is 0 Å². The van der Waals surface area contributed by atoms with E-state index in [0.29, 0.717) is 12.8 Å². The SMILES string of the molecule is O=C(O)c1cccnc1C(=O)N1C2CCC1CC(O)C2. The van der Waals surface area contributed by atoms with E-state index in [1.54, 1.807) is 4.90 Å². The number of fused-ring (bicyclic) bond motifs is 2. The Balaban J connectivity index is 1.92. The number of nitrogens with zero attached hydrogens (tertiary/aromatic N) is 2. The number of carbonyl (C=O) groups is 2. The molecule has 2 N–H and O–H groups in total. The van der Waals surface area contributed by atoms with Crippen molar-refractivity contribution < 1.29 is 19.8 Å². The molecule has 0 radical (unpaired) electrons. The number of amides is 1. The maximum absolute atomic E-state index is 12.6. The fraction of sp³-hybridized carbons (Fsp3) is 0.500. The van der Waals surface area contributed by atoms with Crippen LogP contribution in [0.5, 0.6) is 0 Å². The number of carboxylic acid groups (broad SMARTS) is 1. The van der Waals surface area contributed by atoms with Gasteiger partial charge >= 0.3 is 5.97 Å². The quantitative estimate of drug-likeness (QED) is 0.837. The molecule has 20 heavy (non-hydrogen) atoms. The highest BCUT2D eigenvalue weighted by Crippen LogP contribution is 2.36. The number of pyridine rings is 1. The average Bonchev–Trinajstić information content (AvgIpc) is 2.70. The Bertz CT molecular complexity index is 546. The van der Waals surface area contributed by atoms with E-state index in [4.69, 9.17) is 5.11 Å². The van der Waals surface area contributed by atoms with Crippen LogP contribution < -0.4 is 0 Å². The lowest BCUT2D eigenvalue weighted by Crippen LogP contribution is -2.48. The number of aliphatic hydroxyl groups is 1. The molecule has 1 amide bonds. The molecule has 0 saturated carbocycles. The van der Waals surface area contributed by atoms with Gasteiger partial charge in [-0.1, -0.05) is 0 Å². The summed E-state index contributed by atoms with van der Waals surface area (Å²) < 4.78 is 0. The molecule has 2 aliphatic rings. The average molecular weight is 276 g/mol. The van der Waals surface area contributed by atoms with E-state index in [0.717, 1.165) is 12.8 Å². The molecular formula is C14H16N2O4. The molecule has 2 bridgehead atoms. The van der Waals surface area contributed by atoms with Crippen molar-refractivity contribution in [1.29, 1.82) is 0 Å². The number of aromatic carboxylic acids is 1. The highest BCUT2D eigenvalue weighted by Gasteiger charge is 2.43. The molecule has 2 atom stereocenters. The van der Waals surface area contributed by atoms with Crippen LogP contribution in [-0.4, -0.2) is 50.2 Å². The lowest BCUT2D eigenvalue weighted by molar-refractivity contribution is 0.0278. The van der Waals surface area contributed by atoms with Crippen molar-refractivity contribution in [3.63, 3.8) is 0 Å². The van der Waals surface area contributed by atoms with Gasteiger partial charge in [-0.05, 0) is 37.8 Å². The Morgan fingerprint density at radius 2 is 1.90 bits per heavy atom. The molecule has 0 aliphatic carbocycles. The van der Waals surface area contributed by atoms with Gasteiger partial charge in [0.25, 0.3) is 5.91 Å². The van der Waals surface area contributed by atoms with Crippen LogP contribution in [0.1, 0.15) is 46.5 Å². The highest BCUT2D eigenvalue weighted by atomic mass is 16.4. The van der Waals surface area contributed by atoms with Crippen molar-refractivity contribution >= 4 is 11.9 Å². The third kappa shape index (κ3) is 2.06. The number of rotatable bonds is 2. The normalized spacial score (nSPS) is 28.4. The van der Waals surface area contributed by atoms with Crippen LogP contribution in [0.25, 0.3) is 0 Å². The van der Waals surface area contributed by atoms with Gasteiger partial charge in [0.15, 0.2) is 0 Å². The summed E-state index contributed by atoms with van der Waals surface area (Å²) >= 11 is 0. The molecule has 0 aromatic carbocycles. The lowest BCUT2D eigenvalue weighted by atomic mass is 9.99. The molecule has 106 valence electrons. The minimum atomic E-state index is -1.15. The number of aliphatic hydroxyl groups excluding tert-OH is 1. The van der Waals surface area contributed by atoms with Crippen LogP contribution in [0.3, 0.4) is 0 Å². The minimum absolute atomic E-state index is 0.0000916. The van der Waals surface area contributed by atoms with Gasteiger partial charge in [0, 0.05) is 18.3 Å². The van der Waals surface area contributed by atoms with Gasteiger partial charge in [0.05, 0.1) is 11.7 Å². The Hall–Kier alpha value is -1.95. The zero-order valence-electron chi connectivity index (χ0n) is 10.9. The zero-order chi connectivity index (χ0) is 14.3. The van der Waals surface area contributed by atoms with E-state index in [1.165, 1.54) is 18.3 Å². The molecule has 3 heterocycles. The predicted octanol–water partition coefficient (Wildman–Crippen LogP) is 0.908. The standard InChI is InChI=1S/C14H16N2O4/c17-10-6-8-3-4-9(7-10)16(8)13(18)12-11(14(19)20)2-1-5-15-12/h1-2,5,8-10,17H,3-4,6-7H2,(H,19,20). The summed E-state index contributed by atoms with van der Waals surface area (Å²) in [6.45, 7) is 0. The van der Waals surface area contributed by atoms with E-state index in [9.17, 15) is 14.7 Å². The van der Waals surface area contributed by atoms with Gasteiger partial charge in [-0.25, -0.2) is 4.79 Å². The molecule has 0 spiro atoms. The summed E-state index contributed by atoms with van der Waals surface area (Å²) in [7, 11) is 0. The maximum Gasteiger partial charge on any atom is 0.338 e. The van der Waals surface area contributed by atoms with Crippen molar-refractivity contribution in [1.82, 2.24) is 9.88 Å². The molecular weight excluding hydrogens is 260 g/mol. The second kappa shape index (κ2) is 4.86. The van der Waals surface area contributed by atoms with Gasteiger partial charge in [-0.3, -0.25) is 9.78 Å². The minimum Gasteiger partial charge on any atom is -0.478 e. The molecule has 2 fully saturated rings. The third-order valence-electron chi connectivity index (χ3n) is 4.18. The first-order chi connectivity index (χ1) is 9.58. The Labute approximate surface area is 116 Å². The van der Waals surface area contributed by atoms with Crippen molar-refractivity contribution in [2.45, 2.75) is 43.9 Å². The second-order valence-corrected chi connectivity index (χ2v) is 5.43. The van der Waals surface area contributed by atoms with E-state index in [1.807, 2.05) is 0 Å².